The van der Waals surface area contributed by atoms with Crippen LogP contribution in [0.4, 0.5) is 5.69 Å². The number of thioether (sulfide) groups is 1. The lowest BCUT2D eigenvalue weighted by atomic mass is 10.3. The summed E-state index contributed by atoms with van der Waals surface area (Å²) in [5.41, 5.74) is 0.623. The van der Waals surface area contributed by atoms with Crippen molar-refractivity contribution in [3.8, 4) is 5.75 Å². The Balaban J connectivity index is 2.16. The molecule has 0 aromatic heterocycles. The van der Waals surface area contributed by atoms with Crippen LogP contribution in [0.1, 0.15) is 20.3 Å². The lowest BCUT2D eigenvalue weighted by Crippen LogP contribution is -2.31. The summed E-state index contributed by atoms with van der Waals surface area (Å²) in [4.78, 5) is 25.4. The van der Waals surface area contributed by atoms with E-state index in [1.54, 1.807) is 24.3 Å². The summed E-state index contributed by atoms with van der Waals surface area (Å²) >= 11 is 1.52. The van der Waals surface area contributed by atoms with Gasteiger partial charge in [0.1, 0.15) is 5.75 Å². The van der Waals surface area contributed by atoms with Crippen LogP contribution in [0, 0.1) is 0 Å². The van der Waals surface area contributed by atoms with E-state index in [0.717, 1.165) is 11.5 Å². The number of hydrogen-bond donors (Lipinski definition) is 0. The van der Waals surface area contributed by atoms with Crippen molar-refractivity contribution < 1.29 is 14.3 Å². The predicted molar refractivity (Wildman–Crippen MR) is 76.6 cm³/mol. The maximum atomic E-state index is 12.2. The molecule has 1 aliphatic rings. The maximum absolute atomic E-state index is 12.2. The quantitative estimate of drug-likeness (QED) is 0.777. The average Bonchev–Trinajstić information content (AvgIpc) is 2.67. The Bertz CT molecular complexity index is 472. The fourth-order valence-corrected chi connectivity index (χ4v) is 2.98. The zero-order chi connectivity index (χ0) is 13.8. The summed E-state index contributed by atoms with van der Waals surface area (Å²) in [5, 5.41) is -0.232. The van der Waals surface area contributed by atoms with Crippen LogP contribution >= 0.6 is 11.8 Å². The molecule has 0 saturated carbocycles. The van der Waals surface area contributed by atoms with Crippen LogP contribution in [-0.4, -0.2) is 29.4 Å². The van der Waals surface area contributed by atoms with E-state index in [4.69, 9.17) is 4.74 Å². The van der Waals surface area contributed by atoms with E-state index >= 15 is 0 Å². The minimum atomic E-state index is -0.232. The first-order valence-corrected chi connectivity index (χ1v) is 7.43. The van der Waals surface area contributed by atoms with Crippen molar-refractivity contribution in [2.45, 2.75) is 25.5 Å². The van der Waals surface area contributed by atoms with Gasteiger partial charge in [0.2, 0.25) is 11.8 Å². The molecule has 5 heteroatoms. The van der Waals surface area contributed by atoms with Crippen molar-refractivity contribution in [1.82, 2.24) is 0 Å². The molecule has 4 nitrogen and oxygen atoms in total. The molecule has 2 amide bonds. The third-order valence-corrected chi connectivity index (χ3v) is 3.98. The Labute approximate surface area is 117 Å². The second kappa shape index (κ2) is 6.10. The van der Waals surface area contributed by atoms with E-state index in [9.17, 15) is 9.59 Å². The number of amides is 2. The lowest BCUT2D eigenvalue weighted by Gasteiger charge is -2.15. The molecule has 2 rings (SSSR count). The Morgan fingerprint density at radius 1 is 1.26 bits per heavy atom. The molecule has 1 atom stereocenters. The van der Waals surface area contributed by atoms with Crippen molar-refractivity contribution in [1.29, 1.82) is 0 Å². The van der Waals surface area contributed by atoms with E-state index in [2.05, 4.69) is 0 Å². The van der Waals surface area contributed by atoms with Crippen LogP contribution in [0.2, 0.25) is 0 Å². The summed E-state index contributed by atoms with van der Waals surface area (Å²) in [7, 11) is 0. The molecule has 19 heavy (non-hydrogen) atoms. The second-order valence-corrected chi connectivity index (χ2v) is 5.62. The molecule has 102 valence electrons. The highest BCUT2D eigenvalue weighted by Crippen LogP contribution is 2.30. The Hall–Kier alpha value is -1.49. The Morgan fingerprint density at radius 3 is 2.53 bits per heavy atom. The van der Waals surface area contributed by atoms with Gasteiger partial charge in [0.15, 0.2) is 0 Å². The summed E-state index contributed by atoms with van der Waals surface area (Å²) in [6, 6.07) is 7.05. The highest BCUT2D eigenvalue weighted by molar-refractivity contribution is 8.00. The lowest BCUT2D eigenvalue weighted by molar-refractivity contribution is -0.121. The Morgan fingerprint density at radius 2 is 1.95 bits per heavy atom. The van der Waals surface area contributed by atoms with Crippen molar-refractivity contribution in [2.24, 2.45) is 0 Å². The van der Waals surface area contributed by atoms with Crippen LogP contribution in [0.15, 0.2) is 24.3 Å². The van der Waals surface area contributed by atoms with Crippen LogP contribution < -0.4 is 9.64 Å². The van der Waals surface area contributed by atoms with Gasteiger partial charge in [-0.05, 0) is 36.9 Å². The largest absolute Gasteiger partial charge is 0.494 e. The molecule has 0 aliphatic carbocycles. The van der Waals surface area contributed by atoms with Gasteiger partial charge in [-0.1, -0.05) is 6.92 Å². The SMILES string of the molecule is CCOc1ccc(N2C(=O)C[C@H](SCC)C2=O)cc1. The van der Waals surface area contributed by atoms with Gasteiger partial charge in [-0.3, -0.25) is 9.59 Å². The van der Waals surface area contributed by atoms with E-state index in [0.29, 0.717) is 18.7 Å². The number of rotatable bonds is 5. The first kappa shape index (κ1) is 13.9. The zero-order valence-electron chi connectivity index (χ0n) is 11.1. The minimum Gasteiger partial charge on any atom is -0.494 e. The summed E-state index contributed by atoms with van der Waals surface area (Å²) < 4.78 is 5.34. The molecular weight excluding hydrogens is 262 g/mol. The van der Waals surface area contributed by atoms with E-state index in [-0.39, 0.29) is 17.1 Å². The molecule has 1 saturated heterocycles. The smallest absolute Gasteiger partial charge is 0.247 e. The van der Waals surface area contributed by atoms with Crippen LogP contribution in [0.25, 0.3) is 0 Å². The van der Waals surface area contributed by atoms with Gasteiger partial charge in [0, 0.05) is 6.42 Å². The molecule has 0 spiro atoms. The Kier molecular flexibility index (Phi) is 4.47. The number of carbonyl (C=O) groups is 2. The number of benzene rings is 1. The van der Waals surface area contributed by atoms with E-state index in [1.807, 2.05) is 13.8 Å². The first-order valence-electron chi connectivity index (χ1n) is 6.38. The van der Waals surface area contributed by atoms with Gasteiger partial charge in [-0.2, -0.15) is 0 Å². The van der Waals surface area contributed by atoms with Crippen LogP contribution in [-0.2, 0) is 9.59 Å². The third-order valence-electron chi connectivity index (χ3n) is 2.88. The molecule has 0 bridgehead atoms. The molecule has 0 N–H and O–H groups in total. The van der Waals surface area contributed by atoms with E-state index in [1.165, 1.54) is 16.7 Å². The number of imide groups is 1. The normalized spacial score (nSPS) is 19.1. The molecule has 1 heterocycles. The van der Waals surface area contributed by atoms with Crippen molar-refractivity contribution in [2.75, 3.05) is 17.3 Å². The monoisotopic (exact) mass is 279 g/mol. The van der Waals surface area contributed by atoms with Crippen LogP contribution in [0.3, 0.4) is 0 Å². The molecule has 1 fully saturated rings. The first-order chi connectivity index (χ1) is 9.17. The standard InChI is InChI=1S/C14H17NO3S/c1-3-18-11-7-5-10(6-8-11)15-13(16)9-12(14(15)17)19-4-2/h5-8,12H,3-4,9H2,1-2H3/t12-/m0/s1. The van der Waals surface area contributed by atoms with Crippen molar-refractivity contribution in [3.05, 3.63) is 24.3 Å². The number of nitrogens with zero attached hydrogens (tertiary/aromatic N) is 1. The van der Waals surface area contributed by atoms with Crippen LogP contribution in [0.5, 0.6) is 5.75 Å². The zero-order valence-corrected chi connectivity index (χ0v) is 11.9. The molecule has 1 aliphatic heterocycles. The number of ether oxygens (including phenoxy) is 1. The van der Waals surface area contributed by atoms with E-state index < -0.39 is 0 Å². The van der Waals surface area contributed by atoms with Gasteiger partial charge in [0.25, 0.3) is 0 Å². The number of anilines is 1. The van der Waals surface area contributed by atoms with Gasteiger partial charge in [-0.15, -0.1) is 11.8 Å². The maximum Gasteiger partial charge on any atom is 0.247 e. The number of carbonyl (C=O) groups excluding carboxylic acids is 2. The van der Waals surface area contributed by atoms with Gasteiger partial charge in [0.05, 0.1) is 17.5 Å². The fraction of sp³-hybridized carbons (Fsp3) is 0.429. The fourth-order valence-electron chi connectivity index (χ4n) is 2.06. The highest BCUT2D eigenvalue weighted by atomic mass is 32.2. The minimum absolute atomic E-state index is 0.110. The topological polar surface area (TPSA) is 46.6 Å². The van der Waals surface area contributed by atoms with Crippen molar-refractivity contribution >= 4 is 29.3 Å². The summed E-state index contributed by atoms with van der Waals surface area (Å²) in [6.07, 6.45) is 0.296. The molecule has 0 radical (unpaired) electrons. The van der Waals surface area contributed by atoms with Gasteiger partial charge >= 0.3 is 0 Å². The molecular formula is C14H17NO3S. The highest BCUT2D eigenvalue weighted by Gasteiger charge is 2.39. The summed E-state index contributed by atoms with van der Waals surface area (Å²) in [5.74, 6) is 1.34. The van der Waals surface area contributed by atoms with Gasteiger partial charge < -0.3 is 4.74 Å². The molecule has 1 aromatic carbocycles. The molecule has 0 unspecified atom stereocenters. The molecule has 1 aromatic rings. The predicted octanol–water partition coefficient (Wildman–Crippen LogP) is 2.47. The second-order valence-electron chi connectivity index (χ2n) is 4.14. The number of hydrogen-bond acceptors (Lipinski definition) is 4. The average molecular weight is 279 g/mol. The van der Waals surface area contributed by atoms with Gasteiger partial charge in [-0.25, -0.2) is 4.90 Å². The third kappa shape index (κ3) is 2.92. The van der Waals surface area contributed by atoms with Crippen molar-refractivity contribution in [3.63, 3.8) is 0 Å². The summed E-state index contributed by atoms with van der Waals surface area (Å²) in [6.45, 7) is 4.49.